The number of fused-ring (bicyclic) bond motifs is 1. The van der Waals surface area contributed by atoms with E-state index < -0.39 is 0 Å². The summed E-state index contributed by atoms with van der Waals surface area (Å²) in [5.74, 6) is 0.732. The van der Waals surface area contributed by atoms with Crippen molar-refractivity contribution >= 4 is 11.1 Å². The highest BCUT2D eigenvalue weighted by molar-refractivity contribution is 5.80. The van der Waals surface area contributed by atoms with Crippen molar-refractivity contribution in [3.63, 3.8) is 0 Å². The minimum absolute atomic E-state index is 0.224. The average Bonchev–Trinajstić information content (AvgIpc) is 3.03. The van der Waals surface area contributed by atoms with Crippen LogP contribution in [0.2, 0.25) is 0 Å². The Morgan fingerprint density at radius 3 is 2.68 bits per heavy atom. The molecule has 1 atom stereocenters. The van der Waals surface area contributed by atoms with Gasteiger partial charge in [0.1, 0.15) is 5.52 Å². The van der Waals surface area contributed by atoms with Gasteiger partial charge >= 0.3 is 0 Å². The second-order valence-corrected chi connectivity index (χ2v) is 6.39. The number of nitriles is 1. The van der Waals surface area contributed by atoms with E-state index in [-0.39, 0.29) is 6.61 Å². The third-order valence-corrected chi connectivity index (χ3v) is 4.87. The number of hydrogen-bond donors (Lipinski definition) is 1. The van der Waals surface area contributed by atoms with Gasteiger partial charge in [-0.15, -0.1) is 0 Å². The molecule has 0 amide bonds. The molecule has 1 aromatic heterocycles. The van der Waals surface area contributed by atoms with Gasteiger partial charge < -0.3 is 9.52 Å². The summed E-state index contributed by atoms with van der Waals surface area (Å²) in [5, 5.41) is 18.1. The number of aromatic nitrogens is 1. The quantitative estimate of drug-likeness (QED) is 0.777. The minimum Gasteiger partial charge on any atom is -0.441 e. The molecule has 0 radical (unpaired) electrons. The Balaban J connectivity index is 1.51. The highest BCUT2D eigenvalue weighted by Crippen LogP contribution is 2.26. The number of likely N-dealkylation sites (tertiary alicyclic amines) is 1. The molecule has 1 N–H and O–H groups in total. The second-order valence-electron chi connectivity index (χ2n) is 6.39. The van der Waals surface area contributed by atoms with Crippen molar-refractivity contribution < 1.29 is 9.52 Å². The van der Waals surface area contributed by atoms with Gasteiger partial charge in [0.25, 0.3) is 0 Å². The molecule has 2 aromatic carbocycles. The molecule has 126 valence electrons. The Hall–Kier alpha value is -2.68. The van der Waals surface area contributed by atoms with Crippen LogP contribution in [0.5, 0.6) is 0 Å². The summed E-state index contributed by atoms with van der Waals surface area (Å²) in [5.41, 5.74) is 4.39. The van der Waals surface area contributed by atoms with E-state index in [4.69, 9.17) is 9.68 Å². The molecule has 5 nitrogen and oxygen atoms in total. The van der Waals surface area contributed by atoms with Gasteiger partial charge in [0.2, 0.25) is 0 Å². The molecule has 1 aliphatic rings. The smallest absolute Gasteiger partial charge is 0.196 e. The van der Waals surface area contributed by atoms with Crippen LogP contribution in [0, 0.1) is 11.3 Å². The lowest BCUT2D eigenvalue weighted by Gasteiger charge is -2.39. The summed E-state index contributed by atoms with van der Waals surface area (Å²) in [7, 11) is 0. The Labute approximate surface area is 146 Å². The number of benzene rings is 2. The molecule has 1 aliphatic heterocycles. The Kier molecular flexibility index (Phi) is 4.22. The molecule has 1 saturated heterocycles. The minimum atomic E-state index is 0.224. The van der Waals surface area contributed by atoms with Crippen molar-refractivity contribution in [1.29, 1.82) is 5.26 Å². The van der Waals surface area contributed by atoms with E-state index in [1.54, 1.807) is 0 Å². The maximum Gasteiger partial charge on any atom is 0.196 e. The van der Waals surface area contributed by atoms with Crippen LogP contribution < -0.4 is 0 Å². The predicted octanol–water partition coefficient (Wildman–Crippen LogP) is 2.98. The molecule has 0 bridgehead atoms. The average molecular weight is 333 g/mol. The standard InChI is InChI=1S/C20H19N3O2/c21-12-14-1-3-15(4-2-14)16-5-6-19-18(11-16)22-20(25-19)8-10-23-9-7-17(23)13-24/h1-6,11,17,24H,7-10,13H2/t17-/m0/s1. The first-order valence-corrected chi connectivity index (χ1v) is 8.52. The molecule has 2 heterocycles. The van der Waals surface area contributed by atoms with Gasteiger partial charge in [-0.3, -0.25) is 4.90 Å². The third-order valence-electron chi connectivity index (χ3n) is 4.87. The lowest BCUT2D eigenvalue weighted by molar-refractivity contribution is 0.0423. The zero-order valence-corrected chi connectivity index (χ0v) is 13.9. The molecule has 25 heavy (non-hydrogen) atoms. The first kappa shape index (κ1) is 15.8. The third kappa shape index (κ3) is 3.14. The normalized spacial score (nSPS) is 17.4. The molecule has 0 saturated carbocycles. The van der Waals surface area contributed by atoms with Crippen LogP contribution in [0.15, 0.2) is 46.9 Å². The Morgan fingerprint density at radius 2 is 2.00 bits per heavy atom. The van der Waals surface area contributed by atoms with Gasteiger partial charge in [0.05, 0.1) is 18.2 Å². The second kappa shape index (κ2) is 6.67. The molecule has 4 rings (SSSR count). The van der Waals surface area contributed by atoms with Crippen molar-refractivity contribution in [3.8, 4) is 17.2 Å². The number of aliphatic hydroxyl groups is 1. The van der Waals surface area contributed by atoms with E-state index in [0.29, 0.717) is 11.6 Å². The van der Waals surface area contributed by atoms with Crippen molar-refractivity contribution in [2.24, 2.45) is 0 Å². The van der Waals surface area contributed by atoms with E-state index in [2.05, 4.69) is 16.0 Å². The molecule has 5 heteroatoms. The lowest BCUT2D eigenvalue weighted by Crippen LogP contribution is -2.50. The number of hydrogen-bond acceptors (Lipinski definition) is 5. The molecule has 3 aromatic rings. The van der Waals surface area contributed by atoms with E-state index in [1.165, 1.54) is 0 Å². The maximum absolute atomic E-state index is 9.24. The largest absolute Gasteiger partial charge is 0.441 e. The van der Waals surface area contributed by atoms with Crippen molar-refractivity contribution in [2.75, 3.05) is 19.7 Å². The molecule has 1 fully saturated rings. The van der Waals surface area contributed by atoms with Crippen LogP contribution in [0.4, 0.5) is 0 Å². The van der Waals surface area contributed by atoms with Crippen LogP contribution in [-0.2, 0) is 6.42 Å². The van der Waals surface area contributed by atoms with Crippen molar-refractivity contribution in [1.82, 2.24) is 9.88 Å². The lowest BCUT2D eigenvalue weighted by atomic mass is 10.0. The maximum atomic E-state index is 9.24. The number of nitrogens with zero attached hydrogens (tertiary/aromatic N) is 3. The summed E-state index contributed by atoms with van der Waals surface area (Å²) >= 11 is 0. The summed E-state index contributed by atoms with van der Waals surface area (Å²) in [6, 6.07) is 15.9. The Bertz CT molecular complexity index is 922. The van der Waals surface area contributed by atoms with Gasteiger partial charge in [0, 0.05) is 25.6 Å². The molecule has 0 spiro atoms. The van der Waals surface area contributed by atoms with Gasteiger partial charge in [-0.1, -0.05) is 18.2 Å². The number of rotatable bonds is 5. The SMILES string of the molecule is N#Cc1ccc(-c2ccc3oc(CCN4CC[C@H]4CO)nc3c2)cc1. The van der Waals surface area contributed by atoms with Crippen molar-refractivity contribution in [2.45, 2.75) is 18.9 Å². The number of aliphatic hydroxyl groups excluding tert-OH is 1. The summed E-state index contributed by atoms with van der Waals surface area (Å²) < 4.78 is 5.84. The van der Waals surface area contributed by atoms with Crippen molar-refractivity contribution in [3.05, 3.63) is 53.9 Å². The monoisotopic (exact) mass is 333 g/mol. The highest BCUT2D eigenvalue weighted by Gasteiger charge is 2.26. The van der Waals surface area contributed by atoms with Crippen LogP contribution >= 0.6 is 0 Å². The van der Waals surface area contributed by atoms with Crippen LogP contribution in [0.3, 0.4) is 0 Å². The highest BCUT2D eigenvalue weighted by atomic mass is 16.3. The first-order valence-electron chi connectivity index (χ1n) is 8.52. The van der Waals surface area contributed by atoms with Gasteiger partial charge in [-0.05, 0) is 41.8 Å². The Morgan fingerprint density at radius 1 is 1.20 bits per heavy atom. The zero-order chi connectivity index (χ0) is 17.2. The van der Waals surface area contributed by atoms with E-state index in [0.717, 1.165) is 54.0 Å². The van der Waals surface area contributed by atoms with E-state index >= 15 is 0 Å². The fourth-order valence-electron chi connectivity index (χ4n) is 3.23. The number of oxazole rings is 1. The fourth-order valence-corrected chi connectivity index (χ4v) is 3.23. The van der Waals surface area contributed by atoms with Crippen LogP contribution in [-0.4, -0.2) is 40.7 Å². The van der Waals surface area contributed by atoms with Gasteiger partial charge in [0.15, 0.2) is 11.5 Å². The molecular formula is C20H19N3O2. The van der Waals surface area contributed by atoms with E-state index in [9.17, 15) is 5.11 Å². The summed E-state index contributed by atoms with van der Waals surface area (Å²) in [6.45, 7) is 2.12. The topological polar surface area (TPSA) is 73.3 Å². The molecular weight excluding hydrogens is 314 g/mol. The molecule has 0 aliphatic carbocycles. The summed E-state index contributed by atoms with van der Waals surface area (Å²) in [6.07, 6.45) is 1.81. The van der Waals surface area contributed by atoms with Crippen LogP contribution in [0.25, 0.3) is 22.2 Å². The van der Waals surface area contributed by atoms with Crippen LogP contribution in [0.1, 0.15) is 17.9 Å². The first-order chi connectivity index (χ1) is 12.3. The predicted molar refractivity (Wildman–Crippen MR) is 94.9 cm³/mol. The van der Waals surface area contributed by atoms with Gasteiger partial charge in [-0.25, -0.2) is 4.98 Å². The van der Waals surface area contributed by atoms with E-state index in [1.807, 2.05) is 42.5 Å². The zero-order valence-electron chi connectivity index (χ0n) is 13.9. The molecule has 0 unspecified atom stereocenters. The fraction of sp³-hybridized carbons (Fsp3) is 0.300. The van der Waals surface area contributed by atoms with Gasteiger partial charge in [-0.2, -0.15) is 5.26 Å². The summed E-state index contributed by atoms with van der Waals surface area (Å²) in [4.78, 5) is 6.87.